The molecule has 0 saturated carbocycles. The van der Waals surface area contributed by atoms with Crippen LogP contribution in [0.5, 0.6) is 0 Å². The number of halogens is 2. The SMILES string of the molecule is CNCCC(=O)Nc1cccc(I)c1.Cl. The highest BCUT2D eigenvalue weighted by molar-refractivity contribution is 14.1. The van der Waals surface area contributed by atoms with E-state index in [1.165, 1.54) is 0 Å². The summed E-state index contributed by atoms with van der Waals surface area (Å²) < 4.78 is 1.12. The molecule has 0 aliphatic carbocycles. The van der Waals surface area contributed by atoms with Crippen LogP contribution in [0.15, 0.2) is 24.3 Å². The molecule has 0 atom stereocenters. The van der Waals surface area contributed by atoms with Crippen molar-refractivity contribution in [2.45, 2.75) is 6.42 Å². The number of benzene rings is 1. The van der Waals surface area contributed by atoms with E-state index in [1.54, 1.807) is 0 Å². The first kappa shape index (κ1) is 14.7. The van der Waals surface area contributed by atoms with Crippen LogP contribution in [-0.2, 0) is 4.79 Å². The predicted octanol–water partition coefficient (Wildman–Crippen LogP) is 2.26. The fraction of sp³-hybridized carbons (Fsp3) is 0.300. The minimum atomic E-state index is 0. The van der Waals surface area contributed by atoms with Crippen molar-refractivity contribution in [2.75, 3.05) is 18.9 Å². The molecule has 0 aliphatic rings. The van der Waals surface area contributed by atoms with Crippen molar-refractivity contribution in [3.05, 3.63) is 27.8 Å². The lowest BCUT2D eigenvalue weighted by molar-refractivity contribution is -0.116. The molecule has 0 aromatic heterocycles. The van der Waals surface area contributed by atoms with Gasteiger partial charge in [-0.05, 0) is 47.8 Å². The molecule has 1 aromatic carbocycles. The van der Waals surface area contributed by atoms with Gasteiger partial charge in [0.1, 0.15) is 0 Å². The molecule has 1 aromatic rings. The highest BCUT2D eigenvalue weighted by Gasteiger charge is 2.00. The Hall–Kier alpha value is -0.330. The van der Waals surface area contributed by atoms with Gasteiger partial charge < -0.3 is 10.6 Å². The smallest absolute Gasteiger partial charge is 0.225 e. The molecule has 5 heteroatoms. The number of hydrogen-bond acceptors (Lipinski definition) is 2. The van der Waals surface area contributed by atoms with Gasteiger partial charge in [0.25, 0.3) is 0 Å². The van der Waals surface area contributed by atoms with E-state index in [4.69, 9.17) is 0 Å². The van der Waals surface area contributed by atoms with Gasteiger partial charge in [0, 0.05) is 22.2 Å². The maximum Gasteiger partial charge on any atom is 0.225 e. The molecule has 1 rings (SSSR count). The molecule has 0 bridgehead atoms. The van der Waals surface area contributed by atoms with Crippen LogP contribution in [0.25, 0.3) is 0 Å². The largest absolute Gasteiger partial charge is 0.326 e. The van der Waals surface area contributed by atoms with Gasteiger partial charge in [0.15, 0.2) is 0 Å². The topological polar surface area (TPSA) is 41.1 Å². The lowest BCUT2D eigenvalue weighted by atomic mass is 10.3. The summed E-state index contributed by atoms with van der Waals surface area (Å²) >= 11 is 2.22. The van der Waals surface area contributed by atoms with Gasteiger partial charge in [0.05, 0.1) is 0 Å². The van der Waals surface area contributed by atoms with E-state index in [-0.39, 0.29) is 18.3 Å². The Morgan fingerprint density at radius 2 is 2.20 bits per heavy atom. The van der Waals surface area contributed by atoms with E-state index < -0.39 is 0 Å². The zero-order chi connectivity index (χ0) is 10.4. The highest BCUT2D eigenvalue weighted by atomic mass is 127. The Morgan fingerprint density at radius 3 is 2.80 bits per heavy atom. The Balaban J connectivity index is 0.00000196. The van der Waals surface area contributed by atoms with Gasteiger partial charge >= 0.3 is 0 Å². The third kappa shape index (κ3) is 5.96. The lowest BCUT2D eigenvalue weighted by Gasteiger charge is -2.04. The molecule has 1 amide bonds. The number of anilines is 1. The lowest BCUT2D eigenvalue weighted by Crippen LogP contribution is -2.18. The van der Waals surface area contributed by atoms with Crippen LogP contribution in [0.4, 0.5) is 5.69 Å². The van der Waals surface area contributed by atoms with Gasteiger partial charge in [-0.25, -0.2) is 0 Å². The first-order chi connectivity index (χ1) is 6.72. The average molecular weight is 341 g/mol. The zero-order valence-corrected chi connectivity index (χ0v) is 11.4. The monoisotopic (exact) mass is 340 g/mol. The molecule has 0 radical (unpaired) electrons. The molecular weight excluding hydrogens is 326 g/mol. The quantitative estimate of drug-likeness (QED) is 0.826. The Morgan fingerprint density at radius 1 is 1.47 bits per heavy atom. The molecule has 0 saturated heterocycles. The number of hydrogen-bond donors (Lipinski definition) is 2. The second-order valence-corrected chi connectivity index (χ2v) is 4.16. The second-order valence-electron chi connectivity index (χ2n) is 2.91. The standard InChI is InChI=1S/C10H13IN2O.ClH/c1-12-6-5-10(14)13-9-4-2-3-8(11)7-9;/h2-4,7,12H,5-6H2,1H3,(H,13,14);1H. The third-order valence-electron chi connectivity index (χ3n) is 1.71. The van der Waals surface area contributed by atoms with E-state index in [9.17, 15) is 4.79 Å². The van der Waals surface area contributed by atoms with Crippen molar-refractivity contribution in [1.29, 1.82) is 0 Å². The summed E-state index contributed by atoms with van der Waals surface area (Å²) in [6.45, 7) is 0.704. The summed E-state index contributed by atoms with van der Waals surface area (Å²) in [7, 11) is 1.83. The van der Waals surface area contributed by atoms with Gasteiger partial charge in [-0.15, -0.1) is 12.4 Å². The molecule has 84 valence electrons. The first-order valence-electron chi connectivity index (χ1n) is 4.42. The number of amides is 1. The van der Waals surface area contributed by atoms with Crippen molar-refractivity contribution in [3.63, 3.8) is 0 Å². The van der Waals surface area contributed by atoms with E-state index in [0.29, 0.717) is 13.0 Å². The van der Waals surface area contributed by atoms with Gasteiger partial charge in [-0.3, -0.25) is 4.79 Å². The van der Waals surface area contributed by atoms with Crippen molar-refractivity contribution < 1.29 is 4.79 Å². The van der Waals surface area contributed by atoms with Crippen molar-refractivity contribution in [1.82, 2.24) is 5.32 Å². The normalized spacial score (nSPS) is 9.20. The maximum absolute atomic E-state index is 11.3. The molecule has 0 fully saturated rings. The zero-order valence-electron chi connectivity index (χ0n) is 8.42. The fourth-order valence-corrected chi connectivity index (χ4v) is 1.57. The van der Waals surface area contributed by atoms with E-state index in [2.05, 4.69) is 33.2 Å². The molecule has 0 heterocycles. The van der Waals surface area contributed by atoms with E-state index in [0.717, 1.165) is 9.26 Å². The second kappa shape index (κ2) is 7.90. The molecule has 0 aliphatic heterocycles. The maximum atomic E-state index is 11.3. The summed E-state index contributed by atoms with van der Waals surface area (Å²) in [5.74, 6) is 0.0429. The summed E-state index contributed by atoms with van der Waals surface area (Å²) in [6, 6.07) is 7.75. The van der Waals surface area contributed by atoms with Gasteiger partial charge in [0.2, 0.25) is 5.91 Å². The Bertz CT molecular complexity index is 320. The first-order valence-corrected chi connectivity index (χ1v) is 5.50. The van der Waals surface area contributed by atoms with Crippen LogP contribution in [0, 0.1) is 3.57 Å². The summed E-state index contributed by atoms with van der Waals surface area (Å²) in [6.07, 6.45) is 0.502. The summed E-state index contributed by atoms with van der Waals surface area (Å²) in [5.41, 5.74) is 0.859. The van der Waals surface area contributed by atoms with E-state index >= 15 is 0 Å². The minimum absolute atomic E-state index is 0. The van der Waals surface area contributed by atoms with Crippen LogP contribution < -0.4 is 10.6 Å². The molecule has 15 heavy (non-hydrogen) atoms. The van der Waals surface area contributed by atoms with Crippen LogP contribution in [-0.4, -0.2) is 19.5 Å². The van der Waals surface area contributed by atoms with Gasteiger partial charge in [-0.1, -0.05) is 6.07 Å². The van der Waals surface area contributed by atoms with Crippen LogP contribution >= 0.6 is 35.0 Å². The average Bonchev–Trinajstić information content (AvgIpc) is 2.15. The number of nitrogens with one attached hydrogen (secondary N) is 2. The minimum Gasteiger partial charge on any atom is -0.326 e. The Labute approximate surface area is 110 Å². The highest BCUT2D eigenvalue weighted by Crippen LogP contribution is 2.12. The van der Waals surface area contributed by atoms with Crippen molar-refractivity contribution in [2.24, 2.45) is 0 Å². The molecule has 0 spiro atoms. The van der Waals surface area contributed by atoms with Crippen LogP contribution in [0.1, 0.15) is 6.42 Å². The summed E-state index contributed by atoms with van der Waals surface area (Å²) in [5, 5.41) is 5.77. The number of carbonyl (C=O) groups excluding carboxylic acids is 1. The third-order valence-corrected chi connectivity index (χ3v) is 2.38. The predicted molar refractivity (Wildman–Crippen MR) is 73.6 cm³/mol. The van der Waals surface area contributed by atoms with Crippen molar-refractivity contribution >= 4 is 46.6 Å². The number of carbonyl (C=O) groups is 1. The van der Waals surface area contributed by atoms with Crippen LogP contribution in [0.2, 0.25) is 0 Å². The molecule has 0 unspecified atom stereocenters. The van der Waals surface area contributed by atoms with Gasteiger partial charge in [-0.2, -0.15) is 0 Å². The number of rotatable bonds is 4. The van der Waals surface area contributed by atoms with Crippen molar-refractivity contribution in [3.8, 4) is 0 Å². The molecule has 3 nitrogen and oxygen atoms in total. The fourth-order valence-electron chi connectivity index (χ4n) is 1.03. The molecular formula is C10H14ClIN2O. The summed E-state index contributed by atoms with van der Waals surface area (Å²) in [4.78, 5) is 11.3. The van der Waals surface area contributed by atoms with E-state index in [1.807, 2.05) is 31.3 Å². The molecule has 2 N–H and O–H groups in total. The van der Waals surface area contributed by atoms with Crippen LogP contribution in [0.3, 0.4) is 0 Å². The Kier molecular flexibility index (Phi) is 7.72.